The van der Waals surface area contributed by atoms with Gasteiger partial charge in [-0.3, -0.25) is 9.59 Å². The van der Waals surface area contributed by atoms with Gasteiger partial charge in [0.1, 0.15) is 5.75 Å². The Morgan fingerprint density at radius 3 is 2.96 bits per heavy atom. The van der Waals surface area contributed by atoms with Crippen LogP contribution in [0.1, 0.15) is 31.2 Å². The molecular formula is C19H26N2O4. The van der Waals surface area contributed by atoms with Gasteiger partial charge in [-0.2, -0.15) is 0 Å². The molecule has 0 aliphatic carbocycles. The number of carbonyl (C=O) groups excluding carboxylic acids is 2. The molecule has 0 unspecified atom stereocenters. The van der Waals surface area contributed by atoms with E-state index in [0.29, 0.717) is 32.5 Å². The van der Waals surface area contributed by atoms with Gasteiger partial charge in [0.05, 0.1) is 12.5 Å². The smallest absolute Gasteiger partial charge is 0.232 e. The third kappa shape index (κ3) is 3.35. The zero-order valence-electron chi connectivity index (χ0n) is 14.9. The molecule has 0 saturated carbocycles. The summed E-state index contributed by atoms with van der Waals surface area (Å²) in [5.41, 5.74) is 0.209. The standard InChI is InChI=1S/C19H26N2O4/c1-24-10-4-9-20-18(23)19(14-5-3-6-16(11-14)25-2)12-15-7-8-17(22)21(15)13-19/h3,5-6,11,15H,4,7-10,12-13H2,1-2H3,(H,20,23)/t15-,19-/m0/s1. The molecule has 2 aliphatic heterocycles. The van der Waals surface area contributed by atoms with Crippen LogP contribution in [0, 0.1) is 0 Å². The molecule has 1 aromatic rings. The van der Waals surface area contributed by atoms with Crippen molar-refractivity contribution in [3.05, 3.63) is 29.8 Å². The normalized spacial score (nSPS) is 25.1. The lowest BCUT2D eigenvalue weighted by Crippen LogP contribution is -2.47. The lowest BCUT2D eigenvalue weighted by Gasteiger charge is -2.29. The second-order valence-corrected chi connectivity index (χ2v) is 6.83. The van der Waals surface area contributed by atoms with Gasteiger partial charge >= 0.3 is 0 Å². The highest BCUT2D eigenvalue weighted by Gasteiger charge is 2.53. The van der Waals surface area contributed by atoms with Gasteiger partial charge in [0.25, 0.3) is 0 Å². The van der Waals surface area contributed by atoms with E-state index >= 15 is 0 Å². The van der Waals surface area contributed by atoms with Gasteiger partial charge in [-0.05, 0) is 37.0 Å². The van der Waals surface area contributed by atoms with E-state index in [2.05, 4.69) is 5.32 Å². The van der Waals surface area contributed by atoms with Crippen molar-refractivity contribution in [3.8, 4) is 5.75 Å². The Kier molecular flexibility index (Phi) is 5.27. The molecular weight excluding hydrogens is 320 g/mol. The maximum atomic E-state index is 13.1. The number of hydrogen-bond acceptors (Lipinski definition) is 4. The summed E-state index contributed by atoms with van der Waals surface area (Å²) >= 11 is 0. The number of fused-ring (bicyclic) bond motifs is 1. The first-order chi connectivity index (χ1) is 12.1. The Hall–Kier alpha value is -2.08. The van der Waals surface area contributed by atoms with Crippen molar-refractivity contribution in [1.82, 2.24) is 10.2 Å². The number of nitrogens with zero attached hydrogens (tertiary/aromatic N) is 1. The molecule has 136 valence electrons. The highest BCUT2D eigenvalue weighted by Crippen LogP contribution is 2.43. The molecule has 2 heterocycles. The van der Waals surface area contributed by atoms with Crippen LogP contribution in [0.3, 0.4) is 0 Å². The summed E-state index contributed by atoms with van der Waals surface area (Å²) in [6, 6.07) is 7.81. The van der Waals surface area contributed by atoms with Crippen LogP contribution in [0.25, 0.3) is 0 Å². The second-order valence-electron chi connectivity index (χ2n) is 6.83. The zero-order chi connectivity index (χ0) is 17.9. The Bertz CT molecular complexity index is 648. The summed E-state index contributed by atoms with van der Waals surface area (Å²) in [6.45, 7) is 1.62. The molecule has 1 aromatic carbocycles. The minimum Gasteiger partial charge on any atom is -0.497 e. The summed E-state index contributed by atoms with van der Waals surface area (Å²) in [6.07, 6.45) is 2.86. The van der Waals surface area contributed by atoms with Crippen LogP contribution in [-0.4, -0.2) is 56.7 Å². The average molecular weight is 346 g/mol. The molecule has 2 atom stereocenters. The van der Waals surface area contributed by atoms with Gasteiger partial charge in [-0.15, -0.1) is 0 Å². The lowest BCUT2D eigenvalue weighted by atomic mass is 9.76. The van der Waals surface area contributed by atoms with Crippen LogP contribution < -0.4 is 10.1 Å². The number of rotatable bonds is 7. The number of ether oxygens (including phenoxy) is 2. The van der Waals surface area contributed by atoms with E-state index in [0.717, 1.165) is 24.2 Å². The minimum atomic E-state index is -0.706. The molecule has 0 radical (unpaired) electrons. The van der Waals surface area contributed by atoms with E-state index in [1.807, 2.05) is 29.2 Å². The van der Waals surface area contributed by atoms with E-state index in [9.17, 15) is 9.59 Å². The molecule has 2 aliphatic rings. The molecule has 0 spiro atoms. The maximum Gasteiger partial charge on any atom is 0.232 e. The van der Waals surface area contributed by atoms with Gasteiger partial charge in [0.2, 0.25) is 11.8 Å². The van der Waals surface area contributed by atoms with E-state index in [-0.39, 0.29) is 17.9 Å². The third-order valence-electron chi connectivity index (χ3n) is 5.34. The van der Waals surface area contributed by atoms with Crippen molar-refractivity contribution in [3.63, 3.8) is 0 Å². The van der Waals surface area contributed by atoms with E-state index in [4.69, 9.17) is 9.47 Å². The SMILES string of the molecule is COCCCNC(=O)[C@@]1(c2cccc(OC)c2)C[C@@H]2CCC(=O)N2C1. The Balaban J connectivity index is 1.86. The van der Waals surface area contributed by atoms with Crippen LogP contribution in [0.15, 0.2) is 24.3 Å². The number of amides is 2. The van der Waals surface area contributed by atoms with Crippen LogP contribution in [0.5, 0.6) is 5.75 Å². The average Bonchev–Trinajstić information content (AvgIpc) is 3.18. The number of methoxy groups -OCH3 is 2. The van der Waals surface area contributed by atoms with Gasteiger partial charge < -0.3 is 19.7 Å². The topological polar surface area (TPSA) is 67.9 Å². The summed E-state index contributed by atoms with van der Waals surface area (Å²) in [5, 5.41) is 3.04. The monoisotopic (exact) mass is 346 g/mol. The molecule has 25 heavy (non-hydrogen) atoms. The molecule has 2 saturated heterocycles. The molecule has 6 heteroatoms. The van der Waals surface area contributed by atoms with E-state index in [1.54, 1.807) is 14.2 Å². The first-order valence-corrected chi connectivity index (χ1v) is 8.82. The van der Waals surface area contributed by atoms with Crippen molar-refractivity contribution in [2.75, 3.05) is 33.9 Å². The molecule has 3 rings (SSSR count). The van der Waals surface area contributed by atoms with Gasteiger partial charge in [0, 0.05) is 39.3 Å². The Morgan fingerprint density at radius 2 is 2.24 bits per heavy atom. The molecule has 1 N–H and O–H groups in total. The fourth-order valence-corrected chi connectivity index (χ4v) is 3.99. The molecule has 2 amide bonds. The van der Waals surface area contributed by atoms with Crippen molar-refractivity contribution < 1.29 is 19.1 Å². The fraction of sp³-hybridized carbons (Fsp3) is 0.579. The van der Waals surface area contributed by atoms with Crippen LogP contribution >= 0.6 is 0 Å². The summed E-state index contributed by atoms with van der Waals surface area (Å²) < 4.78 is 10.4. The predicted octanol–water partition coefficient (Wildman–Crippen LogP) is 1.48. The first-order valence-electron chi connectivity index (χ1n) is 8.82. The Morgan fingerprint density at radius 1 is 1.40 bits per heavy atom. The highest BCUT2D eigenvalue weighted by atomic mass is 16.5. The van der Waals surface area contributed by atoms with Crippen molar-refractivity contribution in [2.45, 2.75) is 37.1 Å². The largest absolute Gasteiger partial charge is 0.497 e. The van der Waals surface area contributed by atoms with Gasteiger partial charge in [0.15, 0.2) is 0 Å². The first kappa shape index (κ1) is 17.7. The van der Waals surface area contributed by atoms with Gasteiger partial charge in [-0.25, -0.2) is 0 Å². The minimum absolute atomic E-state index is 0.0148. The number of hydrogen-bond donors (Lipinski definition) is 1. The third-order valence-corrected chi connectivity index (χ3v) is 5.34. The number of benzene rings is 1. The van der Waals surface area contributed by atoms with E-state index in [1.165, 1.54) is 0 Å². The van der Waals surface area contributed by atoms with Crippen LogP contribution in [0.4, 0.5) is 0 Å². The number of nitrogens with one attached hydrogen (secondary N) is 1. The van der Waals surface area contributed by atoms with Crippen LogP contribution in [-0.2, 0) is 19.7 Å². The quantitative estimate of drug-likeness (QED) is 0.760. The predicted molar refractivity (Wildman–Crippen MR) is 93.5 cm³/mol. The van der Waals surface area contributed by atoms with Crippen molar-refractivity contribution in [1.29, 1.82) is 0 Å². The zero-order valence-corrected chi connectivity index (χ0v) is 14.9. The van der Waals surface area contributed by atoms with Crippen molar-refractivity contribution >= 4 is 11.8 Å². The molecule has 6 nitrogen and oxygen atoms in total. The molecule has 0 bridgehead atoms. The van der Waals surface area contributed by atoms with Crippen molar-refractivity contribution in [2.24, 2.45) is 0 Å². The maximum absolute atomic E-state index is 13.1. The number of carbonyl (C=O) groups is 2. The summed E-state index contributed by atoms with van der Waals surface area (Å²) in [5.74, 6) is 0.864. The lowest BCUT2D eigenvalue weighted by molar-refractivity contribution is -0.129. The van der Waals surface area contributed by atoms with Gasteiger partial charge in [-0.1, -0.05) is 12.1 Å². The second kappa shape index (κ2) is 7.44. The highest BCUT2D eigenvalue weighted by molar-refractivity contribution is 5.91. The van der Waals surface area contributed by atoms with Crippen LogP contribution in [0.2, 0.25) is 0 Å². The Labute approximate surface area is 148 Å². The summed E-state index contributed by atoms with van der Waals surface area (Å²) in [7, 11) is 3.27. The van der Waals surface area contributed by atoms with E-state index < -0.39 is 5.41 Å². The molecule has 2 fully saturated rings. The molecule has 0 aromatic heterocycles. The fourth-order valence-electron chi connectivity index (χ4n) is 3.99. The summed E-state index contributed by atoms with van der Waals surface area (Å²) in [4.78, 5) is 27.2.